The number of aromatic amines is 1. The first-order chi connectivity index (χ1) is 14.0. The van der Waals surface area contributed by atoms with Gasteiger partial charge in [-0.05, 0) is 36.4 Å². The molecule has 148 valence electrons. The summed E-state index contributed by atoms with van der Waals surface area (Å²) in [5, 5.41) is 0. The number of sulfone groups is 1. The van der Waals surface area contributed by atoms with Crippen LogP contribution >= 0.6 is 0 Å². The minimum Gasteiger partial charge on any atom is -0.493 e. The molecule has 8 heteroatoms. The topological polar surface area (TPSA) is 90.4 Å². The maximum absolute atomic E-state index is 13.5. The molecule has 0 saturated heterocycles. The zero-order valence-corrected chi connectivity index (χ0v) is 16.6. The van der Waals surface area contributed by atoms with Crippen molar-refractivity contribution in [2.75, 3.05) is 14.2 Å². The van der Waals surface area contributed by atoms with E-state index in [1.807, 2.05) is 6.07 Å². The van der Waals surface area contributed by atoms with Crippen LogP contribution in [0.15, 0.2) is 81.3 Å². The van der Waals surface area contributed by atoms with Gasteiger partial charge in [-0.1, -0.05) is 24.3 Å². The van der Waals surface area contributed by atoms with Gasteiger partial charge in [0, 0.05) is 6.07 Å². The molecule has 0 spiro atoms. The molecule has 4 aromatic rings. The molecule has 0 atom stereocenters. The smallest absolute Gasteiger partial charge is 0.331 e. The van der Waals surface area contributed by atoms with Gasteiger partial charge in [-0.15, -0.1) is 0 Å². The average Bonchev–Trinajstić information content (AvgIpc) is 3.09. The molecule has 0 saturated carbocycles. The Morgan fingerprint density at radius 1 is 0.862 bits per heavy atom. The van der Waals surface area contributed by atoms with Gasteiger partial charge < -0.3 is 14.5 Å². The Kier molecular flexibility index (Phi) is 4.63. The van der Waals surface area contributed by atoms with Crippen molar-refractivity contribution in [3.8, 4) is 17.2 Å². The lowest BCUT2D eigenvalue weighted by Crippen LogP contribution is -2.15. The molecule has 4 rings (SSSR count). The van der Waals surface area contributed by atoms with Crippen molar-refractivity contribution in [2.24, 2.45) is 0 Å². The Balaban J connectivity index is 2.01. The summed E-state index contributed by atoms with van der Waals surface area (Å²) in [6.07, 6.45) is 0. The van der Waals surface area contributed by atoms with E-state index in [4.69, 9.17) is 9.47 Å². The highest BCUT2D eigenvalue weighted by atomic mass is 32.2. The fourth-order valence-corrected chi connectivity index (χ4v) is 4.75. The summed E-state index contributed by atoms with van der Waals surface area (Å²) in [5.74, 6) is 0.725. The third-order valence-corrected chi connectivity index (χ3v) is 6.42. The van der Waals surface area contributed by atoms with Gasteiger partial charge in [0.2, 0.25) is 9.84 Å². The third-order valence-electron chi connectivity index (χ3n) is 4.64. The molecule has 1 N–H and O–H groups in total. The van der Waals surface area contributed by atoms with Gasteiger partial charge >= 0.3 is 5.69 Å². The van der Waals surface area contributed by atoms with Crippen LogP contribution in [0.4, 0.5) is 0 Å². The summed E-state index contributed by atoms with van der Waals surface area (Å²) >= 11 is 0. The van der Waals surface area contributed by atoms with Crippen LogP contribution < -0.4 is 15.2 Å². The Bertz CT molecular complexity index is 1360. The Morgan fingerprint density at radius 2 is 1.59 bits per heavy atom. The number of fused-ring (bicyclic) bond motifs is 1. The van der Waals surface area contributed by atoms with E-state index in [1.54, 1.807) is 36.4 Å². The molecule has 3 aromatic carbocycles. The average molecular weight is 410 g/mol. The Morgan fingerprint density at radius 3 is 2.28 bits per heavy atom. The number of hydrogen-bond acceptors (Lipinski definition) is 5. The number of hydrogen-bond donors (Lipinski definition) is 1. The number of H-pyrrole nitrogens is 1. The van der Waals surface area contributed by atoms with Crippen LogP contribution in [0.25, 0.3) is 16.7 Å². The molecule has 0 aliphatic carbocycles. The summed E-state index contributed by atoms with van der Waals surface area (Å²) in [6, 6.07) is 18.0. The van der Waals surface area contributed by atoms with Crippen molar-refractivity contribution >= 4 is 20.9 Å². The highest BCUT2D eigenvalue weighted by Gasteiger charge is 2.25. The molecule has 0 aliphatic rings. The first kappa shape index (κ1) is 18.8. The monoisotopic (exact) mass is 410 g/mol. The second-order valence-corrected chi connectivity index (χ2v) is 8.19. The largest absolute Gasteiger partial charge is 0.493 e. The predicted molar refractivity (Wildman–Crippen MR) is 109 cm³/mol. The zero-order valence-electron chi connectivity index (χ0n) is 15.7. The molecule has 0 radical (unpaired) electrons. The highest BCUT2D eigenvalue weighted by molar-refractivity contribution is 7.91. The molecule has 1 heterocycles. The number of aromatic nitrogens is 2. The number of para-hydroxylation sites is 2. The van der Waals surface area contributed by atoms with Crippen LogP contribution in [0.3, 0.4) is 0 Å². The first-order valence-electron chi connectivity index (χ1n) is 8.73. The van der Waals surface area contributed by atoms with E-state index in [0.29, 0.717) is 28.2 Å². The molecule has 0 aliphatic heterocycles. The molecule has 0 bridgehead atoms. The van der Waals surface area contributed by atoms with Gasteiger partial charge in [0.05, 0.1) is 40.7 Å². The van der Waals surface area contributed by atoms with Crippen LogP contribution in [0.2, 0.25) is 0 Å². The number of nitrogens with one attached hydrogen (secondary N) is 1. The lowest BCUT2D eigenvalue weighted by molar-refractivity contribution is 0.354. The van der Waals surface area contributed by atoms with E-state index in [1.165, 1.54) is 43.1 Å². The fourth-order valence-electron chi connectivity index (χ4n) is 3.28. The number of rotatable bonds is 5. The number of imidazole rings is 1. The van der Waals surface area contributed by atoms with E-state index in [2.05, 4.69) is 4.98 Å². The van der Waals surface area contributed by atoms with Gasteiger partial charge in [0.25, 0.3) is 0 Å². The minimum atomic E-state index is -3.96. The molecule has 7 nitrogen and oxygen atoms in total. The van der Waals surface area contributed by atoms with E-state index < -0.39 is 15.5 Å². The maximum Gasteiger partial charge on any atom is 0.331 e. The standard InChI is InChI=1S/C21H18N2O5S/c1-27-17-12-11-15(13-18(17)28-2)29(25,26)19-10-6-9-16-20(19)23(21(24)22-16)14-7-4-3-5-8-14/h3-13H,1-2H3,(H,22,24). The van der Waals surface area contributed by atoms with Crippen molar-refractivity contribution in [1.82, 2.24) is 9.55 Å². The van der Waals surface area contributed by atoms with Gasteiger partial charge in [-0.3, -0.25) is 4.57 Å². The van der Waals surface area contributed by atoms with E-state index in [0.717, 1.165) is 0 Å². The van der Waals surface area contributed by atoms with Gasteiger partial charge in [0.1, 0.15) is 0 Å². The lowest BCUT2D eigenvalue weighted by Gasteiger charge is -2.12. The number of nitrogens with zero attached hydrogens (tertiary/aromatic N) is 1. The summed E-state index contributed by atoms with van der Waals surface area (Å²) in [7, 11) is -1.04. The van der Waals surface area contributed by atoms with Crippen molar-refractivity contribution in [2.45, 2.75) is 9.79 Å². The van der Waals surface area contributed by atoms with Crippen LogP contribution in [0, 0.1) is 0 Å². The molecule has 0 unspecified atom stereocenters. The Hall–Kier alpha value is -3.52. The SMILES string of the molecule is COc1ccc(S(=O)(=O)c2cccc3[nH]c(=O)n(-c4ccccc4)c23)cc1OC. The maximum atomic E-state index is 13.5. The molecule has 0 amide bonds. The van der Waals surface area contributed by atoms with Crippen molar-refractivity contribution < 1.29 is 17.9 Å². The van der Waals surface area contributed by atoms with E-state index in [-0.39, 0.29) is 9.79 Å². The van der Waals surface area contributed by atoms with Crippen LogP contribution in [0.5, 0.6) is 11.5 Å². The second-order valence-electron chi connectivity index (χ2n) is 6.27. The van der Waals surface area contributed by atoms with Crippen LogP contribution in [-0.2, 0) is 9.84 Å². The van der Waals surface area contributed by atoms with Crippen LogP contribution in [-0.4, -0.2) is 32.2 Å². The molecule has 0 fully saturated rings. The molecular formula is C21H18N2O5S. The van der Waals surface area contributed by atoms with Crippen LogP contribution in [0.1, 0.15) is 0 Å². The number of benzene rings is 3. The van der Waals surface area contributed by atoms with E-state index in [9.17, 15) is 13.2 Å². The van der Waals surface area contributed by atoms with Crippen molar-refractivity contribution in [1.29, 1.82) is 0 Å². The highest BCUT2D eigenvalue weighted by Crippen LogP contribution is 2.34. The predicted octanol–water partition coefficient (Wildman–Crippen LogP) is 3.17. The molecule has 29 heavy (non-hydrogen) atoms. The summed E-state index contributed by atoms with van der Waals surface area (Å²) in [6.45, 7) is 0. The zero-order chi connectivity index (χ0) is 20.6. The fraction of sp³-hybridized carbons (Fsp3) is 0.0952. The second kappa shape index (κ2) is 7.14. The van der Waals surface area contributed by atoms with Crippen molar-refractivity contribution in [3.63, 3.8) is 0 Å². The summed E-state index contributed by atoms with van der Waals surface area (Å²) in [5.41, 5.74) is 0.874. The summed E-state index contributed by atoms with van der Waals surface area (Å²) < 4.78 is 38.8. The van der Waals surface area contributed by atoms with Gasteiger partial charge in [-0.25, -0.2) is 13.2 Å². The summed E-state index contributed by atoms with van der Waals surface area (Å²) in [4.78, 5) is 15.4. The minimum absolute atomic E-state index is 0.0180. The normalized spacial score (nSPS) is 11.5. The molecular weight excluding hydrogens is 392 g/mol. The lowest BCUT2D eigenvalue weighted by atomic mass is 10.3. The number of methoxy groups -OCH3 is 2. The van der Waals surface area contributed by atoms with Crippen molar-refractivity contribution in [3.05, 3.63) is 77.2 Å². The molecule has 1 aromatic heterocycles. The first-order valence-corrected chi connectivity index (χ1v) is 10.2. The quantitative estimate of drug-likeness (QED) is 0.546. The van der Waals surface area contributed by atoms with E-state index >= 15 is 0 Å². The number of ether oxygens (including phenoxy) is 2. The Labute approximate surface area is 167 Å². The third kappa shape index (κ3) is 3.07. The van der Waals surface area contributed by atoms with Gasteiger partial charge in [0.15, 0.2) is 11.5 Å². The van der Waals surface area contributed by atoms with Gasteiger partial charge in [-0.2, -0.15) is 0 Å².